The molecule has 1 heterocycles. The molecule has 0 unspecified atom stereocenters. The maximum absolute atomic E-state index is 11.2. The van der Waals surface area contributed by atoms with E-state index in [1.165, 1.54) is 19.2 Å². The summed E-state index contributed by atoms with van der Waals surface area (Å²) in [6.45, 7) is 1.65. The number of ether oxygens (including phenoxy) is 1. The van der Waals surface area contributed by atoms with Gasteiger partial charge >= 0.3 is 5.97 Å². The van der Waals surface area contributed by atoms with Crippen LogP contribution in [0.25, 0.3) is 0 Å². The second-order valence-electron chi connectivity index (χ2n) is 3.84. The molecular weight excluding hydrogens is 331 g/mol. The molecule has 0 spiro atoms. The van der Waals surface area contributed by atoms with E-state index in [4.69, 9.17) is 34.8 Å². The summed E-state index contributed by atoms with van der Waals surface area (Å²) in [5, 5.41) is 1.48. The normalized spacial score (nSPS) is 15.9. The van der Waals surface area contributed by atoms with Crippen molar-refractivity contribution in [2.75, 3.05) is 31.0 Å². The van der Waals surface area contributed by atoms with Crippen molar-refractivity contribution in [1.29, 1.82) is 0 Å². The molecule has 0 aromatic heterocycles. The van der Waals surface area contributed by atoms with Crippen molar-refractivity contribution in [3.63, 3.8) is 0 Å². The Morgan fingerprint density at radius 1 is 1.32 bits per heavy atom. The third kappa shape index (κ3) is 3.61. The Labute approximate surface area is 130 Å². The van der Waals surface area contributed by atoms with Crippen LogP contribution in [0.15, 0.2) is 12.1 Å². The molecule has 4 nitrogen and oxygen atoms in total. The van der Waals surface area contributed by atoms with E-state index in [1.807, 2.05) is 8.61 Å². The van der Waals surface area contributed by atoms with Crippen LogP contribution in [0.2, 0.25) is 15.1 Å². The molecule has 1 aromatic rings. The molecule has 1 saturated heterocycles. The fraction of sp³-hybridized carbons (Fsp3) is 0.364. The maximum Gasteiger partial charge on any atom is 0.320 e. The number of halogens is 3. The van der Waals surface area contributed by atoms with Crippen molar-refractivity contribution in [2.24, 2.45) is 0 Å². The molecule has 0 bridgehead atoms. The summed E-state index contributed by atoms with van der Waals surface area (Å²) in [4.78, 5) is 11.2. The zero-order chi connectivity index (χ0) is 14.0. The molecule has 0 radical (unpaired) electrons. The first-order chi connectivity index (χ1) is 9.01. The Kier molecular flexibility index (Phi) is 5.09. The Morgan fingerprint density at radius 2 is 1.95 bits per heavy atom. The fourth-order valence-electron chi connectivity index (χ4n) is 1.67. The van der Waals surface area contributed by atoms with E-state index >= 15 is 0 Å². The molecule has 0 amide bonds. The first-order valence-electron chi connectivity index (χ1n) is 5.43. The molecule has 104 valence electrons. The Bertz CT molecular complexity index is 478. The van der Waals surface area contributed by atoms with Crippen LogP contribution in [0.1, 0.15) is 0 Å². The minimum absolute atomic E-state index is 0.223. The molecule has 2 rings (SSSR count). The van der Waals surface area contributed by atoms with Gasteiger partial charge < -0.3 is 4.74 Å². The van der Waals surface area contributed by atoms with Crippen LogP contribution in [0, 0.1) is 0 Å². The Balaban J connectivity index is 2.11. The standard InChI is InChI=1S/C11H11Cl3N2O2S/c1-18-10(17)6-15-2-3-16(19-15)11-8(13)4-7(12)5-9(11)14/h4-5H,2-3,6H2,1H3. The summed E-state index contributed by atoms with van der Waals surface area (Å²) >= 11 is 19.6. The molecule has 1 aromatic carbocycles. The van der Waals surface area contributed by atoms with Gasteiger partial charge in [-0.3, -0.25) is 9.10 Å². The second kappa shape index (κ2) is 6.41. The summed E-state index contributed by atoms with van der Waals surface area (Å²) in [6, 6.07) is 3.29. The predicted molar refractivity (Wildman–Crippen MR) is 80.0 cm³/mol. The lowest BCUT2D eigenvalue weighted by Gasteiger charge is -2.20. The third-order valence-electron chi connectivity index (χ3n) is 2.53. The highest BCUT2D eigenvalue weighted by molar-refractivity contribution is 7.98. The molecule has 1 aliphatic heterocycles. The molecule has 1 fully saturated rings. The minimum Gasteiger partial charge on any atom is -0.468 e. The number of methoxy groups -OCH3 is 1. The van der Waals surface area contributed by atoms with Gasteiger partial charge in [0.2, 0.25) is 0 Å². The maximum atomic E-state index is 11.2. The van der Waals surface area contributed by atoms with Gasteiger partial charge in [-0.15, -0.1) is 0 Å². The largest absolute Gasteiger partial charge is 0.468 e. The molecule has 1 aliphatic rings. The summed E-state index contributed by atoms with van der Waals surface area (Å²) in [6.07, 6.45) is 0. The van der Waals surface area contributed by atoms with Crippen molar-refractivity contribution < 1.29 is 9.53 Å². The summed E-state index contributed by atoms with van der Waals surface area (Å²) in [5.41, 5.74) is 0.713. The molecule has 0 N–H and O–H groups in total. The van der Waals surface area contributed by atoms with E-state index < -0.39 is 0 Å². The molecule has 0 atom stereocenters. The predicted octanol–water partition coefficient (Wildman–Crippen LogP) is 3.51. The van der Waals surface area contributed by atoms with Crippen molar-refractivity contribution in [3.05, 3.63) is 27.2 Å². The monoisotopic (exact) mass is 340 g/mol. The van der Waals surface area contributed by atoms with E-state index in [9.17, 15) is 4.79 Å². The van der Waals surface area contributed by atoms with Crippen LogP contribution in [-0.4, -0.2) is 37.0 Å². The zero-order valence-electron chi connectivity index (χ0n) is 10.0. The molecule has 8 heteroatoms. The number of benzene rings is 1. The zero-order valence-corrected chi connectivity index (χ0v) is 13.1. The van der Waals surface area contributed by atoms with Gasteiger partial charge in [-0.05, 0) is 12.1 Å². The Hall–Kier alpha value is -0.330. The van der Waals surface area contributed by atoms with Gasteiger partial charge in [0.1, 0.15) is 6.54 Å². The van der Waals surface area contributed by atoms with Crippen LogP contribution >= 0.6 is 46.9 Å². The SMILES string of the molecule is COC(=O)CN1CCN(c2c(Cl)cc(Cl)cc2Cl)S1. The average Bonchev–Trinajstić information content (AvgIpc) is 2.75. The topological polar surface area (TPSA) is 32.8 Å². The van der Waals surface area contributed by atoms with E-state index in [0.717, 1.165) is 6.54 Å². The summed E-state index contributed by atoms with van der Waals surface area (Å²) in [5.74, 6) is -0.275. The quantitative estimate of drug-likeness (QED) is 0.620. The van der Waals surface area contributed by atoms with Gasteiger partial charge in [-0.25, -0.2) is 4.31 Å². The highest BCUT2D eigenvalue weighted by atomic mass is 35.5. The first kappa shape index (κ1) is 15.1. The van der Waals surface area contributed by atoms with Crippen LogP contribution in [0.3, 0.4) is 0 Å². The smallest absolute Gasteiger partial charge is 0.320 e. The highest BCUT2D eigenvalue weighted by Gasteiger charge is 2.27. The van der Waals surface area contributed by atoms with Crippen molar-refractivity contribution in [3.8, 4) is 0 Å². The highest BCUT2D eigenvalue weighted by Crippen LogP contribution is 2.41. The van der Waals surface area contributed by atoms with Crippen molar-refractivity contribution in [1.82, 2.24) is 4.31 Å². The third-order valence-corrected chi connectivity index (χ3v) is 4.43. The van der Waals surface area contributed by atoms with Gasteiger partial charge in [0, 0.05) is 30.2 Å². The van der Waals surface area contributed by atoms with E-state index in [0.29, 0.717) is 27.3 Å². The van der Waals surface area contributed by atoms with Crippen LogP contribution < -0.4 is 4.31 Å². The number of carbonyl (C=O) groups excluding carboxylic acids is 1. The van der Waals surface area contributed by atoms with Gasteiger partial charge in [0.15, 0.2) is 0 Å². The summed E-state index contributed by atoms with van der Waals surface area (Å²) in [7, 11) is 1.37. The number of nitrogens with zero attached hydrogens (tertiary/aromatic N) is 2. The number of rotatable bonds is 3. The van der Waals surface area contributed by atoms with E-state index in [1.54, 1.807) is 12.1 Å². The van der Waals surface area contributed by atoms with Crippen molar-refractivity contribution in [2.45, 2.75) is 0 Å². The van der Waals surface area contributed by atoms with Crippen LogP contribution in [-0.2, 0) is 9.53 Å². The minimum atomic E-state index is -0.275. The van der Waals surface area contributed by atoms with E-state index in [-0.39, 0.29) is 12.5 Å². The average molecular weight is 342 g/mol. The number of hydrogen-bond acceptors (Lipinski definition) is 5. The van der Waals surface area contributed by atoms with Crippen LogP contribution in [0.4, 0.5) is 5.69 Å². The van der Waals surface area contributed by atoms with Crippen LogP contribution in [0.5, 0.6) is 0 Å². The van der Waals surface area contributed by atoms with Gasteiger partial charge in [0.05, 0.1) is 22.8 Å². The lowest BCUT2D eigenvalue weighted by atomic mass is 10.3. The van der Waals surface area contributed by atoms with Gasteiger partial charge in [-0.2, -0.15) is 0 Å². The molecule has 0 aliphatic carbocycles. The van der Waals surface area contributed by atoms with Gasteiger partial charge in [-0.1, -0.05) is 34.8 Å². The molecular formula is C11H11Cl3N2O2S. The number of anilines is 1. The summed E-state index contributed by atoms with van der Waals surface area (Å²) < 4.78 is 8.45. The Morgan fingerprint density at radius 3 is 2.53 bits per heavy atom. The number of hydrogen-bond donors (Lipinski definition) is 0. The fourth-order valence-corrected chi connectivity index (χ4v) is 3.83. The van der Waals surface area contributed by atoms with E-state index in [2.05, 4.69) is 4.74 Å². The van der Waals surface area contributed by atoms with Crippen molar-refractivity contribution >= 4 is 58.6 Å². The lowest BCUT2D eigenvalue weighted by Crippen LogP contribution is -2.22. The molecule has 19 heavy (non-hydrogen) atoms. The molecule has 0 saturated carbocycles. The van der Waals surface area contributed by atoms with Gasteiger partial charge in [0.25, 0.3) is 0 Å². The first-order valence-corrected chi connectivity index (χ1v) is 7.29. The number of carbonyl (C=O) groups is 1. The number of esters is 1. The lowest BCUT2D eigenvalue weighted by molar-refractivity contribution is -0.140. The second-order valence-corrected chi connectivity index (χ2v) is 6.21.